The molecule has 1 fully saturated rings. The van der Waals surface area contributed by atoms with Gasteiger partial charge in [-0.25, -0.2) is 9.18 Å². The van der Waals surface area contributed by atoms with Crippen molar-refractivity contribution in [1.82, 2.24) is 5.16 Å². The number of anilines is 1. The monoisotopic (exact) mass is 350 g/mol. The minimum absolute atomic E-state index is 0.00390. The quantitative estimate of drug-likeness (QED) is 0.887. The van der Waals surface area contributed by atoms with Gasteiger partial charge >= 0.3 is 5.97 Å². The van der Waals surface area contributed by atoms with Crippen LogP contribution in [0.5, 0.6) is 5.75 Å². The Morgan fingerprint density at radius 1 is 1.44 bits per heavy atom. The third-order valence-corrected chi connectivity index (χ3v) is 4.31. The van der Waals surface area contributed by atoms with Crippen LogP contribution >= 0.6 is 0 Å². The van der Waals surface area contributed by atoms with E-state index in [4.69, 9.17) is 14.0 Å². The topological polar surface area (TPSA) is 85.0 Å². The number of hydrogen-bond acceptors (Lipinski definition) is 6. The minimum Gasteiger partial charge on any atom is -0.494 e. The summed E-state index contributed by atoms with van der Waals surface area (Å²) < 4.78 is 29.2. The number of piperidine rings is 1. The molecule has 1 aromatic heterocycles. The Kier molecular flexibility index (Phi) is 4.89. The van der Waals surface area contributed by atoms with Gasteiger partial charge in [-0.2, -0.15) is 0 Å². The van der Waals surface area contributed by atoms with Crippen LogP contribution in [0.2, 0.25) is 0 Å². The first-order valence-electron chi connectivity index (χ1n) is 7.89. The summed E-state index contributed by atoms with van der Waals surface area (Å²) in [6.07, 6.45) is 1.79. The van der Waals surface area contributed by atoms with Crippen LogP contribution in [-0.2, 0) is 4.74 Å². The minimum atomic E-state index is -1.16. The average Bonchev–Trinajstić information content (AvgIpc) is 3.07. The van der Waals surface area contributed by atoms with Crippen molar-refractivity contribution in [3.05, 3.63) is 29.6 Å². The predicted octanol–water partition coefficient (Wildman–Crippen LogP) is 2.80. The first-order chi connectivity index (χ1) is 12.0. The van der Waals surface area contributed by atoms with Gasteiger partial charge in [0.15, 0.2) is 28.7 Å². The van der Waals surface area contributed by atoms with Crippen LogP contribution in [0.15, 0.2) is 22.7 Å². The van der Waals surface area contributed by atoms with Crippen LogP contribution in [0.3, 0.4) is 0 Å². The number of aromatic nitrogens is 1. The van der Waals surface area contributed by atoms with E-state index in [1.165, 1.54) is 25.3 Å². The molecule has 0 aliphatic carbocycles. The molecule has 1 atom stereocenters. The number of carboxylic acid groups (broad SMARTS) is 1. The molecule has 0 saturated carbocycles. The summed E-state index contributed by atoms with van der Waals surface area (Å²) in [6, 6.07) is 4.02. The first-order valence-corrected chi connectivity index (χ1v) is 7.89. The molecule has 1 aromatic carbocycles. The Morgan fingerprint density at radius 2 is 2.24 bits per heavy atom. The lowest BCUT2D eigenvalue weighted by Gasteiger charge is -2.31. The van der Waals surface area contributed by atoms with Crippen molar-refractivity contribution >= 4 is 11.8 Å². The molecule has 134 valence electrons. The van der Waals surface area contributed by atoms with Gasteiger partial charge in [0.05, 0.1) is 13.2 Å². The molecule has 2 heterocycles. The van der Waals surface area contributed by atoms with Crippen molar-refractivity contribution in [1.29, 1.82) is 0 Å². The van der Waals surface area contributed by atoms with E-state index in [2.05, 4.69) is 5.16 Å². The molecule has 1 saturated heterocycles. The highest BCUT2D eigenvalue weighted by Gasteiger charge is 2.30. The maximum atomic E-state index is 13.6. The van der Waals surface area contributed by atoms with Crippen molar-refractivity contribution in [3.8, 4) is 17.1 Å². The predicted molar refractivity (Wildman–Crippen MR) is 87.7 cm³/mol. The summed E-state index contributed by atoms with van der Waals surface area (Å²) in [6.45, 7) is 1.20. The zero-order valence-electron chi connectivity index (χ0n) is 14.0. The summed E-state index contributed by atoms with van der Waals surface area (Å²) >= 11 is 0. The van der Waals surface area contributed by atoms with Crippen LogP contribution in [-0.4, -0.2) is 49.6 Å². The zero-order valence-corrected chi connectivity index (χ0v) is 14.0. The van der Waals surface area contributed by atoms with E-state index < -0.39 is 11.8 Å². The second-order valence-electron chi connectivity index (χ2n) is 5.81. The van der Waals surface area contributed by atoms with Gasteiger partial charge < -0.3 is 24.0 Å². The van der Waals surface area contributed by atoms with Gasteiger partial charge in [-0.15, -0.1) is 0 Å². The second-order valence-corrected chi connectivity index (χ2v) is 5.81. The van der Waals surface area contributed by atoms with Crippen molar-refractivity contribution in [2.75, 3.05) is 32.2 Å². The van der Waals surface area contributed by atoms with E-state index in [1.807, 2.05) is 4.90 Å². The van der Waals surface area contributed by atoms with Gasteiger partial charge in [-0.3, -0.25) is 0 Å². The van der Waals surface area contributed by atoms with Gasteiger partial charge in [0.2, 0.25) is 0 Å². The van der Waals surface area contributed by atoms with Crippen LogP contribution in [0, 0.1) is 5.82 Å². The molecule has 1 unspecified atom stereocenters. The number of rotatable bonds is 5. The smallest absolute Gasteiger partial charge is 0.343 e. The molecular formula is C17H19FN2O5. The molecule has 1 aliphatic rings. The molecule has 8 heteroatoms. The molecule has 0 radical (unpaired) electrons. The van der Waals surface area contributed by atoms with Crippen LogP contribution < -0.4 is 9.64 Å². The van der Waals surface area contributed by atoms with Crippen molar-refractivity contribution in [2.24, 2.45) is 0 Å². The number of carboxylic acids is 1. The van der Waals surface area contributed by atoms with Crippen LogP contribution in [0.25, 0.3) is 11.3 Å². The maximum absolute atomic E-state index is 13.6. The SMILES string of the molecule is COc1cc(-c2onc(N3CCCC(OC)C3)c2C(=O)O)ccc1F. The van der Waals surface area contributed by atoms with Crippen LogP contribution in [0.1, 0.15) is 23.2 Å². The fourth-order valence-electron chi connectivity index (χ4n) is 3.01. The summed E-state index contributed by atoms with van der Waals surface area (Å²) in [5.41, 5.74) is 0.333. The molecule has 3 rings (SSSR count). The molecule has 25 heavy (non-hydrogen) atoms. The van der Waals surface area contributed by atoms with Crippen molar-refractivity contribution in [2.45, 2.75) is 18.9 Å². The number of aromatic carboxylic acids is 1. The maximum Gasteiger partial charge on any atom is 0.343 e. The summed E-state index contributed by atoms with van der Waals surface area (Å²) in [5.74, 6) is -1.37. The van der Waals surface area contributed by atoms with Gasteiger partial charge in [0, 0.05) is 25.8 Å². The normalized spacial score (nSPS) is 17.6. The van der Waals surface area contributed by atoms with E-state index in [9.17, 15) is 14.3 Å². The van der Waals surface area contributed by atoms with E-state index in [1.54, 1.807) is 7.11 Å². The van der Waals surface area contributed by atoms with Gasteiger partial charge in [0.1, 0.15) is 0 Å². The Balaban J connectivity index is 2.02. The molecule has 2 aromatic rings. The third kappa shape index (κ3) is 3.30. The Morgan fingerprint density at radius 3 is 2.92 bits per heavy atom. The fourth-order valence-corrected chi connectivity index (χ4v) is 3.01. The number of ether oxygens (including phenoxy) is 2. The van der Waals surface area contributed by atoms with E-state index >= 15 is 0 Å². The van der Waals surface area contributed by atoms with Crippen molar-refractivity contribution in [3.63, 3.8) is 0 Å². The molecule has 0 spiro atoms. The zero-order chi connectivity index (χ0) is 18.0. The van der Waals surface area contributed by atoms with E-state index in [-0.39, 0.29) is 29.0 Å². The largest absolute Gasteiger partial charge is 0.494 e. The number of methoxy groups -OCH3 is 2. The lowest BCUT2D eigenvalue weighted by atomic mass is 10.0. The summed E-state index contributed by atoms with van der Waals surface area (Å²) in [5, 5.41) is 13.6. The summed E-state index contributed by atoms with van der Waals surface area (Å²) in [4.78, 5) is 13.7. The highest BCUT2D eigenvalue weighted by molar-refractivity contribution is 5.99. The van der Waals surface area contributed by atoms with Crippen LogP contribution in [0.4, 0.5) is 10.2 Å². The Bertz CT molecular complexity index is 776. The molecule has 1 N–H and O–H groups in total. The molecular weight excluding hydrogens is 331 g/mol. The number of carbonyl (C=O) groups is 1. The van der Waals surface area contributed by atoms with Gasteiger partial charge in [-0.1, -0.05) is 5.16 Å². The highest BCUT2D eigenvalue weighted by Crippen LogP contribution is 2.35. The third-order valence-electron chi connectivity index (χ3n) is 4.31. The Labute approximate surface area is 143 Å². The lowest BCUT2D eigenvalue weighted by molar-refractivity contribution is 0.0695. The lowest BCUT2D eigenvalue weighted by Crippen LogP contribution is -2.40. The fraction of sp³-hybridized carbons (Fsp3) is 0.412. The number of halogens is 1. The highest BCUT2D eigenvalue weighted by atomic mass is 19.1. The number of benzene rings is 1. The van der Waals surface area contributed by atoms with Gasteiger partial charge in [0.25, 0.3) is 0 Å². The average molecular weight is 350 g/mol. The molecule has 0 amide bonds. The Hall–Kier alpha value is -2.61. The second kappa shape index (κ2) is 7.10. The first kappa shape index (κ1) is 17.2. The standard InChI is InChI=1S/C17H19FN2O5/c1-23-11-4-3-7-20(9-11)16-14(17(21)22)15(25-19-16)10-5-6-12(18)13(8-10)24-2/h5-6,8,11H,3-4,7,9H2,1-2H3,(H,21,22). The van der Waals surface area contributed by atoms with Crippen molar-refractivity contribution < 1.29 is 28.3 Å². The van der Waals surface area contributed by atoms with Gasteiger partial charge in [-0.05, 0) is 31.0 Å². The number of hydrogen-bond donors (Lipinski definition) is 1. The van der Waals surface area contributed by atoms with E-state index in [0.29, 0.717) is 18.7 Å². The molecule has 1 aliphatic heterocycles. The molecule has 0 bridgehead atoms. The molecule has 7 nitrogen and oxygen atoms in total. The summed E-state index contributed by atoms with van der Waals surface area (Å²) in [7, 11) is 2.97. The van der Waals surface area contributed by atoms with E-state index in [0.717, 1.165) is 12.8 Å². The number of nitrogens with zero attached hydrogens (tertiary/aromatic N) is 2.